The fraction of sp³-hybridized carbons (Fsp3) is 0.625. The van der Waals surface area contributed by atoms with Gasteiger partial charge < -0.3 is 0 Å². The first kappa shape index (κ1) is 15.2. The molecule has 0 N–H and O–H groups in total. The Hall–Kier alpha value is -0.780. The Labute approximate surface area is 102 Å². The van der Waals surface area contributed by atoms with Crippen LogP contribution in [0.25, 0.3) is 0 Å². The standard InChI is InChI=1S/C16H28/c1-5-8-9-10-13-16(12-7-3)14-15(4)11-6-2/h5-6,12,15H,1-2,7-11,13-14H2,3-4H3. The minimum atomic E-state index is 0.745. The fourth-order valence-corrected chi connectivity index (χ4v) is 2.03. The molecule has 0 saturated heterocycles. The third-order valence-electron chi connectivity index (χ3n) is 2.83. The summed E-state index contributed by atoms with van der Waals surface area (Å²) in [5.41, 5.74) is 1.64. The average Bonchev–Trinajstić information content (AvgIpc) is 2.25. The maximum absolute atomic E-state index is 3.81. The summed E-state index contributed by atoms with van der Waals surface area (Å²) in [4.78, 5) is 0. The lowest BCUT2D eigenvalue weighted by atomic mass is 9.94. The quantitative estimate of drug-likeness (QED) is 0.328. The van der Waals surface area contributed by atoms with E-state index in [1.807, 2.05) is 12.2 Å². The van der Waals surface area contributed by atoms with Gasteiger partial charge in [0.05, 0.1) is 0 Å². The van der Waals surface area contributed by atoms with Gasteiger partial charge in [0.15, 0.2) is 0 Å². The van der Waals surface area contributed by atoms with Crippen LogP contribution in [0.15, 0.2) is 37.0 Å². The third-order valence-corrected chi connectivity index (χ3v) is 2.83. The van der Waals surface area contributed by atoms with E-state index >= 15 is 0 Å². The molecule has 0 nitrogen and oxygen atoms in total. The molecule has 0 bridgehead atoms. The van der Waals surface area contributed by atoms with Gasteiger partial charge in [0, 0.05) is 0 Å². The monoisotopic (exact) mass is 220 g/mol. The second-order valence-corrected chi connectivity index (χ2v) is 4.64. The minimum Gasteiger partial charge on any atom is -0.103 e. The Kier molecular flexibility index (Phi) is 10.2. The molecule has 0 aromatic rings. The number of rotatable bonds is 10. The maximum Gasteiger partial charge on any atom is -0.0291 e. The summed E-state index contributed by atoms with van der Waals surface area (Å²) >= 11 is 0. The zero-order valence-electron chi connectivity index (χ0n) is 11.2. The normalized spacial score (nSPS) is 13.5. The fourth-order valence-electron chi connectivity index (χ4n) is 2.03. The number of allylic oxidation sites excluding steroid dienone is 4. The molecule has 92 valence electrons. The molecule has 0 aromatic heterocycles. The zero-order chi connectivity index (χ0) is 12.2. The van der Waals surface area contributed by atoms with Crippen LogP contribution in [0.4, 0.5) is 0 Å². The Morgan fingerprint density at radius 3 is 2.50 bits per heavy atom. The van der Waals surface area contributed by atoms with Crippen molar-refractivity contribution in [3.05, 3.63) is 37.0 Å². The van der Waals surface area contributed by atoms with Crippen molar-refractivity contribution >= 4 is 0 Å². The summed E-state index contributed by atoms with van der Waals surface area (Å²) in [7, 11) is 0. The summed E-state index contributed by atoms with van der Waals surface area (Å²) in [6.07, 6.45) is 15.0. The van der Waals surface area contributed by atoms with Crippen molar-refractivity contribution in [1.82, 2.24) is 0 Å². The van der Waals surface area contributed by atoms with E-state index in [2.05, 4.69) is 33.1 Å². The SMILES string of the molecule is C=CCCCCC(=CCC)CC(C)CC=C. The molecule has 0 fully saturated rings. The lowest BCUT2D eigenvalue weighted by Crippen LogP contribution is -1.96. The molecule has 0 aliphatic rings. The van der Waals surface area contributed by atoms with Gasteiger partial charge in [-0.25, -0.2) is 0 Å². The van der Waals surface area contributed by atoms with Crippen LogP contribution < -0.4 is 0 Å². The highest BCUT2D eigenvalue weighted by atomic mass is 14.1. The molecule has 0 aromatic carbocycles. The first-order valence-corrected chi connectivity index (χ1v) is 6.64. The van der Waals surface area contributed by atoms with Crippen LogP contribution in [-0.2, 0) is 0 Å². The Morgan fingerprint density at radius 2 is 1.94 bits per heavy atom. The van der Waals surface area contributed by atoms with Gasteiger partial charge in [-0.05, 0) is 50.9 Å². The topological polar surface area (TPSA) is 0 Å². The van der Waals surface area contributed by atoms with Gasteiger partial charge in [-0.2, -0.15) is 0 Å². The highest BCUT2D eigenvalue weighted by Gasteiger charge is 2.04. The molecular formula is C16H28. The third kappa shape index (κ3) is 8.52. The maximum atomic E-state index is 3.81. The highest BCUT2D eigenvalue weighted by Crippen LogP contribution is 2.21. The Bertz CT molecular complexity index is 210. The molecule has 0 aliphatic carbocycles. The summed E-state index contributed by atoms with van der Waals surface area (Å²) in [5.74, 6) is 0.745. The predicted molar refractivity (Wildman–Crippen MR) is 75.6 cm³/mol. The van der Waals surface area contributed by atoms with Crippen LogP contribution in [0.3, 0.4) is 0 Å². The molecule has 0 aliphatic heterocycles. The lowest BCUT2D eigenvalue weighted by molar-refractivity contribution is 0.564. The van der Waals surface area contributed by atoms with Gasteiger partial charge in [0.25, 0.3) is 0 Å². The van der Waals surface area contributed by atoms with Gasteiger partial charge in [-0.15, -0.1) is 13.2 Å². The molecule has 0 saturated carbocycles. The van der Waals surface area contributed by atoms with Crippen molar-refractivity contribution in [2.45, 2.75) is 58.8 Å². The first-order valence-electron chi connectivity index (χ1n) is 6.64. The Morgan fingerprint density at radius 1 is 1.19 bits per heavy atom. The van der Waals surface area contributed by atoms with E-state index in [0.717, 1.165) is 25.2 Å². The average molecular weight is 220 g/mol. The molecule has 0 amide bonds. The van der Waals surface area contributed by atoms with Crippen molar-refractivity contribution < 1.29 is 0 Å². The van der Waals surface area contributed by atoms with Gasteiger partial charge in [-0.3, -0.25) is 0 Å². The molecule has 0 spiro atoms. The number of unbranched alkanes of at least 4 members (excludes halogenated alkanes) is 2. The molecule has 16 heavy (non-hydrogen) atoms. The number of hydrogen-bond donors (Lipinski definition) is 0. The van der Waals surface area contributed by atoms with Gasteiger partial charge in [0.2, 0.25) is 0 Å². The van der Waals surface area contributed by atoms with E-state index in [4.69, 9.17) is 0 Å². The smallest absolute Gasteiger partial charge is 0.0291 e. The van der Waals surface area contributed by atoms with Gasteiger partial charge in [0.1, 0.15) is 0 Å². The lowest BCUT2D eigenvalue weighted by Gasteiger charge is -2.12. The van der Waals surface area contributed by atoms with Crippen molar-refractivity contribution in [2.24, 2.45) is 5.92 Å². The molecular weight excluding hydrogens is 192 g/mol. The molecule has 0 heteroatoms. The number of hydrogen-bond acceptors (Lipinski definition) is 0. The first-order chi connectivity index (χ1) is 7.74. The van der Waals surface area contributed by atoms with E-state index in [1.165, 1.54) is 25.7 Å². The molecule has 1 atom stereocenters. The molecule has 0 radical (unpaired) electrons. The van der Waals surface area contributed by atoms with Crippen LogP contribution in [-0.4, -0.2) is 0 Å². The predicted octanol–water partition coefficient (Wildman–Crippen LogP) is 5.67. The van der Waals surface area contributed by atoms with Gasteiger partial charge in [-0.1, -0.05) is 37.6 Å². The van der Waals surface area contributed by atoms with Crippen LogP contribution in [0.1, 0.15) is 58.8 Å². The van der Waals surface area contributed by atoms with E-state index in [1.54, 1.807) is 5.57 Å². The summed E-state index contributed by atoms with van der Waals surface area (Å²) in [6.45, 7) is 12.1. The van der Waals surface area contributed by atoms with E-state index in [9.17, 15) is 0 Å². The molecule has 0 rings (SSSR count). The van der Waals surface area contributed by atoms with Crippen molar-refractivity contribution in [1.29, 1.82) is 0 Å². The van der Waals surface area contributed by atoms with Crippen LogP contribution >= 0.6 is 0 Å². The second kappa shape index (κ2) is 10.7. The highest BCUT2D eigenvalue weighted by molar-refractivity contribution is 5.03. The summed E-state index contributed by atoms with van der Waals surface area (Å²) < 4.78 is 0. The van der Waals surface area contributed by atoms with Gasteiger partial charge >= 0.3 is 0 Å². The minimum absolute atomic E-state index is 0.745. The van der Waals surface area contributed by atoms with Crippen molar-refractivity contribution in [3.63, 3.8) is 0 Å². The van der Waals surface area contributed by atoms with Crippen LogP contribution in [0.2, 0.25) is 0 Å². The Balaban J connectivity index is 3.92. The van der Waals surface area contributed by atoms with Crippen molar-refractivity contribution in [3.8, 4) is 0 Å². The van der Waals surface area contributed by atoms with Crippen LogP contribution in [0, 0.1) is 5.92 Å². The molecule has 0 heterocycles. The summed E-state index contributed by atoms with van der Waals surface area (Å²) in [6, 6.07) is 0. The molecule has 1 unspecified atom stereocenters. The summed E-state index contributed by atoms with van der Waals surface area (Å²) in [5, 5.41) is 0. The largest absolute Gasteiger partial charge is 0.103 e. The zero-order valence-corrected chi connectivity index (χ0v) is 11.2. The second-order valence-electron chi connectivity index (χ2n) is 4.64. The van der Waals surface area contributed by atoms with Crippen LogP contribution in [0.5, 0.6) is 0 Å². The van der Waals surface area contributed by atoms with Crippen molar-refractivity contribution in [2.75, 3.05) is 0 Å². The van der Waals surface area contributed by atoms with E-state index in [-0.39, 0.29) is 0 Å². The van der Waals surface area contributed by atoms with E-state index < -0.39 is 0 Å². The van der Waals surface area contributed by atoms with E-state index in [0.29, 0.717) is 0 Å².